The van der Waals surface area contributed by atoms with Gasteiger partial charge >= 0.3 is 0 Å². The largest absolute Gasteiger partial charge is 0.347 e. The Kier molecular flexibility index (Phi) is 5.08. The topological polar surface area (TPSA) is 32.3 Å². The van der Waals surface area contributed by atoms with Gasteiger partial charge in [0.1, 0.15) is 5.82 Å². The number of hydrogen-bond acceptors (Lipinski definition) is 2. The molecule has 3 nitrogen and oxygen atoms in total. The first-order valence-corrected chi connectivity index (χ1v) is 6.09. The maximum absolute atomic E-state index is 13.5. The van der Waals surface area contributed by atoms with E-state index in [2.05, 4.69) is 21.2 Å². The highest BCUT2D eigenvalue weighted by atomic mass is 79.9. The van der Waals surface area contributed by atoms with Crippen molar-refractivity contribution in [2.24, 2.45) is 0 Å². The smallest absolute Gasteiger partial charge is 0.238 e. The number of carbonyl (C=O) groups excluding carboxylic acids is 1. The molecular weight excluding hydrogens is 287 g/mol. The lowest BCUT2D eigenvalue weighted by Gasteiger charge is -2.18. The lowest BCUT2D eigenvalue weighted by atomic mass is 10.2. The SMILES string of the molecule is CC(NCc1ccc(Br)cc1F)C(=O)N(C)C. The third-order valence-electron chi connectivity index (χ3n) is 2.43. The van der Waals surface area contributed by atoms with Gasteiger partial charge in [0, 0.05) is 30.7 Å². The van der Waals surface area contributed by atoms with Crippen LogP contribution in [-0.2, 0) is 11.3 Å². The molecule has 1 rings (SSSR count). The summed E-state index contributed by atoms with van der Waals surface area (Å²) in [6.45, 7) is 2.10. The third-order valence-corrected chi connectivity index (χ3v) is 2.92. The Morgan fingerprint density at radius 1 is 1.53 bits per heavy atom. The second kappa shape index (κ2) is 6.12. The highest BCUT2D eigenvalue weighted by molar-refractivity contribution is 9.10. The number of halogens is 2. The van der Waals surface area contributed by atoms with Crippen LogP contribution in [0.15, 0.2) is 22.7 Å². The van der Waals surface area contributed by atoms with Crippen LogP contribution in [0.1, 0.15) is 12.5 Å². The quantitative estimate of drug-likeness (QED) is 0.924. The average molecular weight is 303 g/mol. The van der Waals surface area contributed by atoms with E-state index in [0.717, 1.165) is 0 Å². The van der Waals surface area contributed by atoms with Crippen molar-refractivity contribution in [2.75, 3.05) is 14.1 Å². The zero-order valence-electron chi connectivity index (χ0n) is 10.1. The molecule has 0 aliphatic carbocycles. The summed E-state index contributed by atoms with van der Waals surface area (Å²) in [5, 5.41) is 2.99. The number of carbonyl (C=O) groups is 1. The normalized spacial score (nSPS) is 12.3. The molecular formula is C12H16BrFN2O. The minimum absolute atomic E-state index is 0.0254. The van der Waals surface area contributed by atoms with Crippen molar-refractivity contribution in [3.8, 4) is 0 Å². The standard InChI is InChI=1S/C12H16BrFN2O/c1-8(12(17)16(2)3)15-7-9-4-5-10(13)6-11(9)14/h4-6,8,15H,7H2,1-3H3. The highest BCUT2D eigenvalue weighted by Crippen LogP contribution is 2.15. The van der Waals surface area contributed by atoms with E-state index in [0.29, 0.717) is 16.6 Å². The lowest BCUT2D eigenvalue weighted by Crippen LogP contribution is -2.41. The Morgan fingerprint density at radius 2 is 2.18 bits per heavy atom. The first-order valence-electron chi connectivity index (χ1n) is 5.30. The molecule has 0 aliphatic rings. The minimum atomic E-state index is -0.326. The summed E-state index contributed by atoms with van der Waals surface area (Å²) in [6, 6.07) is 4.56. The van der Waals surface area contributed by atoms with E-state index in [-0.39, 0.29) is 17.8 Å². The van der Waals surface area contributed by atoms with Crippen molar-refractivity contribution < 1.29 is 9.18 Å². The summed E-state index contributed by atoms with van der Waals surface area (Å²) in [4.78, 5) is 13.1. The van der Waals surface area contributed by atoms with Crippen molar-refractivity contribution in [3.05, 3.63) is 34.1 Å². The number of hydrogen-bond donors (Lipinski definition) is 1. The minimum Gasteiger partial charge on any atom is -0.347 e. The molecule has 17 heavy (non-hydrogen) atoms. The predicted molar refractivity (Wildman–Crippen MR) is 69.1 cm³/mol. The van der Waals surface area contributed by atoms with E-state index in [4.69, 9.17) is 0 Å². The van der Waals surface area contributed by atoms with E-state index in [1.165, 1.54) is 11.0 Å². The van der Waals surface area contributed by atoms with Crippen LogP contribution in [0, 0.1) is 5.82 Å². The maximum atomic E-state index is 13.5. The van der Waals surface area contributed by atoms with Gasteiger partial charge in [0.05, 0.1) is 6.04 Å². The third kappa shape index (κ3) is 4.09. The zero-order chi connectivity index (χ0) is 13.0. The van der Waals surface area contributed by atoms with Gasteiger partial charge in [-0.1, -0.05) is 22.0 Å². The van der Waals surface area contributed by atoms with Crippen LogP contribution >= 0.6 is 15.9 Å². The molecule has 1 atom stereocenters. The first kappa shape index (κ1) is 14.1. The maximum Gasteiger partial charge on any atom is 0.238 e. The van der Waals surface area contributed by atoms with E-state index in [1.54, 1.807) is 33.2 Å². The van der Waals surface area contributed by atoms with E-state index >= 15 is 0 Å². The van der Waals surface area contributed by atoms with Gasteiger partial charge in [-0.25, -0.2) is 4.39 Å². The van der Waals surface area contributed by atoms with Crippen LogP contribution < -0.4 is 5.32 Å². The van der Waals surface area contributed by atoms with Gasteiger partial charge in [-0.3, -0.25) is 4.79 Å². The number of nitrogens with one attached hydrogen (secondary N) is 1. The number of rotatable bonds is 4. The van der Waals surface area contributed by atoms with Crippen LogP contribution in [-0.4, -0.2) is 30.9 Å². The Bertz CT molecular complexity index is 409. The van der Waals surface area contributed by atoms with Crippen molar-refractivity contribution in [1.82, 2.24) is 10.2 Å². The molecule has 0 bridgehead atoms. The number of likely N-dealkylation sites (N-methyl/N-ethyl adjacent to an activating group) is 1. The molecule has 1 aromatic rings. The number of nitrogens with zero attached hydrogens (tertiary/aromatic N) is 1. The lowest BCUT2D eigenvalue weighted by molar-refractivity contribution is -0.130. The first-order chi connectivity index (χ1) is 7.91. The summed E-state index contributed by atoms with van der Waals surface area (Å²) >= 11 is 3.20. The molecule has 0 fully saturated rings. The van der Waals surface area contributed by atoms with Crippen LogP contribution in [0.25, 0.3) is 0 Å². The van der Waals surface area contributed by atoms with E-state index < -0.39 is 0 Å². The molecule has 1 amide bonds. The molecule has 0 saturated carbocycles. The van der Waals surface area contributed by atoms with Gasteiger partial charge in [0.2, 0.25) is 5.91 Å². The van der Waals surface area contributed by atoms with Gasteiger partial charge in [0.25, 0.3) is 0 Å². The van der Waals surface area contributed by atoms with Gasteiger partial charge < -0.3 is 10.2 Å². The Labute approximate surface area is 109 Å². The zero-order valence-corrected chi connectivity index (χ0v) is 11.7. The summed E-state index contributed by atoms with van der Waals surface area (Å²) in [7, 11) is 3.39. The van der Waals surface area contributed by atoms with Crippen LogP contribution in [0.3, 0.4) is 0 Å². The Hall–Kier alpha value is -0.940. The monoisotopic (exact) mass is 302 g/mol. The van der Waals surface area contributed by atoms with Gasteiger partial charge in [-0.15, -0.1) is 0 Å². The summed E-state index contributed by atoms with van der Waals surface area (Å²) < 4.78 is 14.2. The van der Waals surface area contributed by atoms with E-state index in [1.807, 2.05) is 0 Å². The van der Waals surface area contributed by atoms with Gasteiger partial charge in [0.15, 0.2) is 0 Å². The summed E-state index contributed by atoms with van der Waals surface area (Å²) in [5.74, 6) is -0.307. The molecule has 0 aromatic heterocycles. The fraction of sp³-hybridized carbons (Fsp3) is 0.417. The van der Waals surface area contributed by atoms with Crippen molar-refractivity contribution >= 4 is 21.8 Å². The molecule has 5 heteroatoms. The highest BCUT2D eigenvalue weighted by Gasteiger charge is 2.14. The molecule has 0 saturated heterocycles. The molecule has 94 valence electrons. The average Bonchev–Trinajstić information content (AvgIpc) is 2.26. The molecule has 1 aromatic carbocycles. The van der Waals surface area contributed by atoms with Crippen LogP contribution in [0.5, 0.6) is 0 Å². The Morgan fingerprint density at radius 3 is 2.71 bits per heavy atom. The summed E-state index contributed by atoms with van der Waals surface area (Å²) in [6.07, 6.45) is 0. The van der Waals surface area contributed by atoms with E-state index in [9.17, 15) is 9.18 Å². The fourth-order valence-electron chi connectivity index (χ4n) is 1.40. The van der Waals surface area contributed by atoms with Crippen molar-refractivity contribution in [2.45, 2.75) is 19.5 Å². The molecule has 0 radical (unpaired) electrons. The molecule has 0 heterocycles. The fourth-order valence-corrected chi connectivity index (χ4v) is 1.74. The molecule has 0 spiro atoms. The summed E-state index contributed by atoms with van der Waals surface area (Å²) in [5.41, 5.74) is 0.548. The molecule has 0 aliphatic heterocycles. The van der Waals surface area contributed by atoms with Crippen LogP contribution in [0.2, 0.25) is 0 Å². The van der Waals surface area contributed by atoms with Gasteiger partial charge in [-0.05, 0) is 19.1 Å². The van der Waals surface area contributed by atoms with Crippen molar-refractivity contribution in [1.29, 1.82) is 0 Å². The Balaban J connectivity index is 2.59. The van der Waals surface area contributed by atoms with Gasteiger partial charge in [-0.2, -0.15) is 0 Å². The van der Waals surface area contributed by atoms with Crippen LogP contribution in [0.4, 0.5) is 4.39 Å². The number of amides is 1. The van der Waals surface area contributed by atoms with Crippen molar-refractivity contribution in [3.63, 3.8) is 0 Å². The second-order valence-electron chi connectivity index (χ2n) is 4.07. The number of benzene rings is 1. The predicted octanol–water partition coefficient (Wildman–Crippen LogP) is 2.15. The molecule has 1 N–H and O–H groups in total. The molecule has 1 unspecified atom stereocenters. The second-order valence-corrected chi connectivity index (χ2v) is 4.99.